The number of benzene rings is 3. The average molecular weight is 1380 g/mol. The molecule has 4 rings (SSSR count). The summed E-state index contributed by atoms with van der Waals surface area (Å²) in [5.74, 6) is -4.89. The van der Waals surface area contributed by atoms with Gasteiger partial charge in [-0.3, -0.25) is 14.4 Å². The van der Waals surface area contributed by atoms with Crippen molar-refractivity contribution in [1.29, 1.82) is 0 Å². The van der Waals surface area contributed by atoms with Crippen LogP contribution >= 0.6 is 0 Å². The smallest absolute Gasteiger partial charge is 0.342 e. The van der Waals surface area contributed by atoms with Gasteiger partial charge in [-0.15, -0.1) is 0 Å². The summed E-state index contributed by atoms with van der Waals surface area (Å²) in [5.41, 5.74) is -1.28. The highest BCUT2D eigenvalue weighted by Crippen LogP contribution is 2.45. The van der Waals surface area contributed by atoms with Gasteiger partial charge in [0.1, 0.15) is 17.2 Å². The molecule has 6 unspecified atom stereocenters. The molecule has 0 spiro atoms. The molecule has 0 aliphatic heterocycles. The Labute approximate surface area is 597 Å². The van der Waals surface area contributed by atoms with Crippen molar-refractivity contribution >= 4 is 17.9 Å². The van der Waals surface area contributed by atoms with Crippen LogP contribution in [-0.2, 0) is 61.1 Å². The van der Waals surface area contributed by atoms with Gasteiger partial charge in [0.05, 0.1) is 17.8 Å². The summed E-state index contributed by atoms with van der Waals surface area (Å²) in [6.45, 7) is 47.3. The lowest BCUT2D eigenvalue weighted by Gasteiger charge is -2.30. The van der Waals surface area contributed by atoms with Crippen molar-refractivity contribution in [3.05, 3.63) is 118 Å². The molecule has 15 heteroatoms. The zero-order valence-electron chi connectivity index (χ0n) is 66.3. The molecule has 15 nitrogen and oxygen atoms in total. The summed E-state index contributed by atoms with van der Waals surface area (Å²) < 4.78 is 22.4. The van der Waals surface area contributed by atoms with Crippen LogP contribution in [0.2, 0.25) is 0 Å². The molecule has 3 aromatic carbocycles. The molecule has 0 aliphatic carbocycles. The van der Waals surface area contributed by atoms with Gasteiger partial charge in [-0.2, -0.15) is 0 Å². The molecule has 6 atom stereocenters. The molecular weight excluding hydrogens is 1240 g/mol. The molecule has 4 aromatic rings. The lowest BCUT2D eigenvalue weighted by atomic mass is 9.77. The number of aromatic nitrogens is 3. The van der Waals surface area contributed by atoms with Crippen LogP contribution in [0.4, 0.5) is 0 Å². The molecule has 0 fully saturated rings. The van der Waals surface area contributed by atoms with Crippen LogP contribution < -0.4 is 17.1 Å². The maximum Gasteiger partial charge on any atom is 0.342 e. The highest BCUT2D eigenvalue weighted by molar-refractivity contribution is 5.80. The van der Waals surface area contributed by atoms with Crippen LogP contribution in [-0.4, -0.2) is 46.9 Å². The number of rotatable bonds is 36. The number of nitrogens with zero attached hydrogens (tertiary/aromatic N) is 3. The Hall–Kier alpha value is -6.12. The Balaban J connectivity index is 2.22. The van der Waals surface area contributed by atoms with Crippen LogP contribution in [0.15, 0.2) is 50.8 Å². The van der Waals surface area contributed by atoms with E-state index < -0.39 is 104 Å². The Morgan fingerprint density at radius 3 is 0.636 bits per heavy atom. The van der Waals surface area contributed by atoms with Gasteiger partial charge in [-0.05, 0) is 123 Å². The van der Waals surface area contributed by atoms with E-state index in [4.69, 9.17) is 14.2 Å². The van der Waals surface area contributed by atoms with Crippen molar-refractivity contribution in [1.82, 2.24) is 13.7 Å². The summed E-state index contributed by atoms with van der Waals surface area (Å²) in [4.78, 5) is 95.0. The van der Waals surface area contributed by atoms with E-state index in [1.807, 2.05) is 161 Å². The van der Waals surface area contributed by atoms with Gasteiger partial charge in [0.2, 0.25) is 0 Å². The highest BCUT2D eigenvalue weighted by Gasteiger charge is 2.38. The predicted octanol–water partition coefficient (Wildman–Crippen LogP) is 21.0. The largest absolute Gasteiger partial charge is 0.507 e. The molecule has 1 heterocycles. The molecule has 3 N–H and O–H groups in total. The van der Waals surface area contributed by atoms with Crippen molar-refractivity contribution in [2.45, 2.75) is 389 Å². The van der Waals surface area contributed by atoms with Gasteiger partial charge in [-0.25, -0.2) is 28.1 Å². The lowest BCUT2D eigenvalue weighted by molar-refractivity contribution is -0.159. The van der Waals surface area contributed by atoms with E-state index in [1.165, 1.54) is 0 Å². The van der Waals surface area contributed by atoms with Crippen molar-refractivity contribution in [3.63, 3.8) is 0 Å². The number of hydrogen-bond acceptors (Lipinski definition) is 12. The van der Waals surface area contributed by atoms with Gasteiger partial charge in [0, 0.05) is 19.3 Å². The normalized spacial score (nSPS) is 14.5. The minimum absolute atomic E-state index is 0.0196. The number of phenolic OH excluding ortho intramolecular Hbond substituents is 3. The van der Waals surface area contributed by atoms with Gasteiger partial charge in [-0.1, -0.05) is 297 Å². The SMILES string of the molecule is CCCCCCCCCC(OC(=O)C(C)c1cc(C(C)(C)C)c(O)c(C(C)(C)C)c1)n1c(=O)n(C(CCCCCCCCC)OC(=O)C(C)c2cc(C(C)(C)C)c(O)c(C(C)(C)C)c2)c(=O)n(C(CCCCCCCCC)OC(=O)C(C)c2cc(C(C)(C)C)c(O)c(C(C)(C)C)c2)c1=O. The topological polar surface area (TPSA) is 206 Å². The molecule has 0 radical (unpaired) electrons. The van der Waals surface area contributed by atoms with E-state index in [2.05, 4.69) is 20.8 Å². The Morgan fingerprint density at radius 1 is 0.313 bits per heavy atom. The highest BCUT2D eigenvalue weighted by atomic mass is 16.6. The Bertz CT molecular complexity index is 2970. The van der Waals surface area contributed by atoms with Crippen LogP contribution in [0, 0.1) is 0 Å². The van der Waals surface area contributed by atoms with Crippen LogP contribution in [0.3, 0.4) is 0 Å². The number of carbonyl (C=O) groups excluding carboxylic acids is 3. The van der Waals surface area contributed by atoms with E-state index in [1.54, 1.807) is 20.8 Å². The van der Waals surface area contributed by atoms with Crippen molar-refractivity contribution in [2.24, 2.45) is 0 Å². The zero-order chi connectivity index (χ0) is 74.9. The standard InChI is InChI=1S/C84H135N3O12/c1-25-28-31-34-37-40-43-46-67(97-73(91)55(4)58-49-61(79(7,8)9)70(88)62(50-58)80(10,11)12)85-76(94)86(68(47-44-41-38-35-32-29-26-2)98-74(92)56(5)59-51-63(81(13,14)15)71(89)64(52-59)82(16,17)18)78(96)87(77(85)95)69(48-45-42-39-36-33-30-27-3)99-75(93)57(6)60-53-65(83(19,20)21)72(90)66(54-60)84(22,23)24/h49-57,67-69,88-90H,25-48H2,1-24H3. The van der Waals surface area contributed by atoms with E-state index in [-0.39, 0.29) is 36.5 Å². The first-order chi connectivity index (χ1) is 45.9. The van der Waals surface area contributed by atoms with Gasteiger partial charge < -0.3 is 29.5 Å². The molecule has 1 aromatic heterocycles. The fourth-order valence-electron chi connectivity index (χ4n) is 13.2. The number of unbranched alkanes of at least 4 members (excludes halogenated alkanes) is 18. The van der Waals surface area contributed by atoms with E-state index in [9.17, 15) is 15.3 Å². The first kappa shape index (κ1) is 85.3. The third-order valence-electron chi connectivity index (χ3n) is 19.8. The zero-order valence-corrected chi connectivity index (χ0v) is 66.3. The molecule has 0 saturated carbocycles. The summed E-state index contributed by atoms with van der Waals surface area (Å²) in [7, 11) is 0. The monoisotopic (exact) mass is 1380 g/mol. The average Bonchev–Trinajstić information content (AvgIpc) is 0.768. The maximum absolute atomic E-state index is 16.3. The molecule has 0 amide bonds. The second kappa shape index (κ2) is 36.7. The summed E-state index contributed by atoms with van der Waals surface area (Å²) in [6, 6.07) is 10.9. The number of phenols is 3. The van der Waals surface area contributed by atoms with Crippen molar-refractivity contribution in [2.75, 3.05) is 0 Å². The van der Waals surface area contributed by atoms with Gasteiger partial charge in [0.25, 0.3) is 0 Å². The Morgan fingerprint density at radius 2 is 0.475 bits per heavy atom. The molecule has 0 aliphatic rings. The molecule has 0 saturated heterocycles. The van der Waals surface area contributed by atoms with Crippen LogP contribution in [0.5, 0.6) is 17.2 Å². The fraction of sp³-hybridized carbons (Fsp3) is 0.714. The maximum atomic E-state index is 16.3. The van der Waals surface area contributed by atoms with Crippen molar-refractivity contribution in [3.8, 4) is 17.2 Å². The van der Waals surface area contributed by atoms with Crippen LogP contribution in [0.1, 0.15) is 407 Å². The Kier molecular flexibility index (Phi) is 31.6. The predicted molar refractivity (Wildman–Crippen MR) is 404 cm³/mol. The minimum Gasteiger partial charge on any atom is -0.507 e. The van der Waals surface area contributed by atoms with E-state index in [0.717, 1.165) is 110 Å². The molecule has 558 valence electrons. The second-order valence-electron chi connectivity index (χ2n) is 34.9. The van der Waals surface area contributed by atoms with Gasteiger partial charge in [0.15, 0.2) is 18.7 Å². The number of ether oxygens (including phenoxy) is 3. The second-order valence-corrected chi connectivity index (χ2v) is 34.9. The lowest BCUT2D eigenvalue weighted by Crippen LogP contribution is -2.58. The fourth-order valence-corrected chi connectivity index (χ4v) is 13.2. The summed E-state index contributed by atoms with van der Waals surface area (Å²) >= 11 is 0. The quantitative estimate of drug-likeness (QED) is 0.0221. The van der Waals surface area contributed by atoms with E-state index in [0.29, 0.717) is 88.6 Å². The number of hydrogen-bond donors (Lipinski definition) is 3. The molecule has 99 heavy (non-hydrogen) atoms. The first-order valence-electron chi connectivity index (χ1n) is 38.1. The summed E-state index contributed by atoms with van der Waals surface area (Å²) in [6.07, 6.45) is 13.1. The molecule has 0 bridgehead atoms. The summed E-state index contributed by atoms with van der Waals surface area (Å²) in [5, 5.41) is 35.4. The van der Waals surface area contributed by atoms with E-state index >= 15 is 28.8 Å². The third kappa shape index (κ3) is 23.7. The number of esters is 3. The van der Waals surface area contributed by atoms with Gasteiger partial charge >= 0.3 is 35.0 Å². The first-order valence-corrected chi connectivity index (χ1v) is 38.1. The minimum atomic E-state index is -1.62. The van der Waals surface area contributed by atoms with Crippen molar-refractivity contribution < 1.29 is 43.9 Å². The number of carbonyl (C=O) groups is 3. The third-order valence-corrected chi connectivity index (χ3v) is 19.8. The molecular formula is C84H135N3O12. The number of aromatic hydroxyl groups is 3. The van der Waals surface area contributed by atoms with Crippen LogP contribution in [0.25, 0.3) is 0 Å².